The SMILES string of the molecule is C=CCN(CC=C)C[C@H](O)Cn1c2c(c3cc(C)ccc31)CCCC2. The molecular formula is C22H30N2O. The number of rotatable bonds is 8. The lowest BCUT2D eigenvalue weighted by atomic mass is 9.95. The Labute approximate surface area is 151 Å². The molecule has 1 N–H and O–H groups in total. The molecule has 3 nitrogen and oxygen atoms in total. The first-order chi connectivity index (χ1) is 12.1. The first-order valence-electron chi connectivity index (χ1n) is 9.36. The number of aliphatic hydroxyl groups excluding tert-OH is 1. The van der Waals surface area contributed by atoms with Crippen molar-refractivity contribution in [3.05, 3.63) is 60.3 Å². The van der Waals surface area contributed by atoms with Gasteiger partial charge in [-0.05, 0) is 50.3 Å². The van der Waals surface area contributed by atoms with Crippen LogP contribution in [-0.2, 0) is 19.4 Å². The van der Waals surface area contributed by atoms with Gasteiger partial charge in [0, 0.05) is 36.2 Å². The summed E-state index contributed by atoms with van der Waals surface area (Å²) < 4.78 is 2.37. The van der Waals surface area contributed by atoms with E-state index in [2.05, 4.69) is 47.7 Å². The van der Waals surface area contributed by atoms with Gasteiger partial charge in [0.2, 0.25) is 0 Å². The van der Waals surface area contributed by atoms with Gasteiger partial charge >= 0.3 is 0 Å². The largest absolute Gasteiger partial charge is 0.390 e. The van der Waals surface area contributed by atoms with Crippen molar-refractivity contribution in [2.24, 2.45) is 0 Å². The normalized spacial score (nSPS) is 15.3. The van der Waals surface area contributed by atoms with E-state index in [1.165, 1.54) is 40.6 Å². The molecule has 1 atom stereocenters. The van der Waals surface area contributed by atoms with Crippen molar-refractivity contribution in [3.8, 4) is 0 Å². The van der Waals surface area contributed by atoms with Gasteiger partial charge in [-0.15, -0.1) is 13.2 Å². The number of aliphatic hydroxyl groups is 1. The number of aromatic nitrogens is 1. The highest BCUT2D eigenvalue weighted by molar-refractivity contribution is 5.86. The Morgan fingerprint density at radius 1 is 1.20 bits per heavy atom. The van der Waals surface area contributed by atoms with Crippen LogP contribution < -0.4 is 0 Å². The predicted octanol–water partition coefficient (Wildman–Crippen LogP) is 3.86. The third-order valence-corrected chi connectivity index (χ3v) is 5.17. The minimum absolute atomic E-state index is 0.400. The molecule has 3 rings (SSSR count). The summed E-state index contributed by atoms with van der Waals surface area (Å²) in [4.78, 5) is 2.17. The van der Waals surface area contributed by atoms with Gasteiger partial charge in [-0.1, -0.05) is 23.8 Å². The van der Waals surface area contributed by atoms with Gasteiger partial charge in [0.1, 0.15) is 0 Å². The molecule has 1 aromatic heterocycles. The molecular weight excluding hydrogens is 308 g/mol. The van der Waals surface area contributed by atoms with Gasteiger partial charge in [0.25, 0.3) is 0 Å². The van der Waals surface area contributed by atoms with E-state index in [0.717, 1.165) is 25.9 Å². The zero-order valence-corrected chi connectivity index (χ0v) is 15.4. The minimum atomic E-state index is -0.400. The number of hydrogen-bond acceptors (Lipinski definition) is 2. The standard InChI is InChI=1S/C22H30N2O/c1-4-12-23(13-5-2)15-18(25)16-24-21-9-7-6-8-19(21)20-14-17(3)10-11-22(20)24/h4-5,10-11,14,18,25H,1-2,6-9,12-13,15-16H2,3H3/t18-/m0/s1. The van der Waals surface area contributed by atoms with Gasteiger partial charge in [-0.2, -0.15) is 0 Å². The second-order valence-corrected chi connectivity index (χ2v) is 7.21. The van der Waals surface area contributed by atoms with Crippen molar-refractivity contribution in [2.75, 3.05) is 19.6 Å². The average molecular weight is 338 g/mol. The number of benzene rings is 1. The fourth-order valence-electron chi connectivity index (χ4n) is 4.11. The maximum absolute atomic E-state index is 10.7. The lowest BCUT2D eigenvalue weighted by Gasteiger charge is -2.24. The fourth-order valence-corrected chi connectivity index (χ4v) is 4.11. The molecule has 134 valence electrons. The number of nitrogens with zero attached hydrogens (tertiary/aromatic N) is 2. The summed E-state index contributed by atoms with van der Waals surface area (Å²) in [5, 5.41) is 12.1. The number of fused-ring (bicyclic) bond motifs is 3. The van der Waals surface area contributed by atoms with Crippen molar-refractivity contribution in [2.45, 2.75) is 45.3 Å². The van der Waals surface area contributed by atoms with Crippen molar-refractivity contribution < 1.29 is 5.11 Å². The molecule has 0 unspecified atom stereocenters. The van der Waals surface area contributed by atoms with Crippen LogP contribution in [0, 0.1) is 6.92 Å². The molecule has 0 saturated carbocycles. The Morgan fingerprint density at radius 3 is 2.64 bits per heavy atom. The van der Waals surface area contributed by atoms with Gasteiger partial charge in [0.15, 0.2) is 0 Å². The van der Waals surface area contributed by atoms with Crippen molar-refractivity contribution >= 4 is 10.9 Å². The molecule has 0 bridgehead atoms. The van der Waals surface area contributed by atoms with Crippen LogP contribution in [0.4, 0.5) is 0 Å². The highest BCUT2D eigenvalue weighted by Gasteiger charge is 2.22. The monoisotopic (exact) mass is 338 g/mol. The van der Waals surface area contributed by atoms with Crippen LogP contribution in [0.25, 0.3) is 10.9 Å². The molecule has 1 aliphatic rings. The van der Waals surface area contributed by atoms with Crippen LogP contribution in [0.2, 0.25) is 0 Å². The minimum Gasteiger partial charge on any atom is -0.390 e. The van der Waals surface area contributed by atoms with E-state index in [1.807, 2.05) is 12.2 Å². The summed E-state index contributed by atoms with van der Waals surface area (Å²) in [5.41, 5.74) is 5.52. The Bertz CT molecular complexity index is 749. The van der Waals surface area contributed by atoms with E-state index < -0.39 is 6.10 Å². The molecule has 0 fully saturated rings. The fraction of sp³-hybridized carbons (Fsp3) is 0.455. The Morgan fingerprint density at radius 2 is 1.92 bits per heavy atom. The molecule has 25 heavy (non-hydrogen) atoms. The van der Waals surface area contributed by atoms with Crippen LogP contribution in [0.15, 0.2) is 43.5 Å². The molecule has 0 radical (unpaired) electrons. The summed E-state index contributed by atoms with van der Waals surface area (Å²) >= 11 is 0. The van der Waals surface area contributed by atoms with E-state index in [-0.39, 0.29) is 0 Å². The third kappa shape index (κ3) is 3.88. The zero-order chi connectivity index (χ0) is 17.8. The van der Waals surface area contributed by atoms with Crippen molar-refractivity contribution in [3.63, 3.8) is 0 Å². The average Bonchev–Trinajstić information content (AvgIpc) is 2.89. The second-order valence-electron chi connectivity index (χ2n) is 7.21. The van der Waals surface area contributed by atoms with Crippen LogP contribution in [0.5, 0.6) is 0 Å². The molecule has 0 spiro atoms. The zero-order valence-electron chi connectivity index (χ0n) is 15.4. The van der Waals surface area contributed by atoms with Crippen molar-refractivity contribution in [1.82, 2.24) is 9.47 Å². The summed E-state index contributed by atoms with van der Waals surface area (Å²) in [6.45, 7) is 12.6. The quantitative estimate of drug-likeness (QED) is 0.740. The third-order valence-electron chi connectivity index (χ3n) is 5.17. The topological polar surface area (TPSA) is 28.4 Å². The summed E-state index contributed by atoms with van der Waals surface area (Å²) in [6.07, 6.45) is 8.17. The van der Waals surface area contributed by atoms with E-state index >= 15 is 0 Å². The molecule has 0 amide bonds. The molecule has 1 heterocycles. The molecule has 1 aliphatic carbocycles. The van der Waals surface area contributed by atoms with Crippen LogP contribution >= 0.6 is 0 Å². The first kappa shape index (κ1) is 18.0. The molecule has 1 aromatic carbocycles. The maximum atomic E-state index is 10.7. The van der Waals surface area contributed by atoms with E-state index in [0.29, 0.717) is 13.1 Å². The summed E-state index contributed by atoms with van der Waals surface area (Å²) in [5.74, 6) is 0. The van der Waals surface area contributed by atoms with E-state index in [4.69, 9.17) is 0 Å². The highest BCUT2D eigenvalue weighted by Crippen LogP contribution is 2.33. The van der Waals surface area contributed by atoms with E-state index in [1.54, 1.807) is 0 Å². The highest BCUT2D eigenvalue weighted by atomic mass is 16.3. The Kier molecular flexibility index (Phi) is 5.77. The Hall–Kier alpha value is -1.84. The lowest BCUT2D eigenvalue weighted by molar-refractivity contribution is 0.109. The summed E-state index contributed by atoms with van der Waals surface area (Å²) in [6, 6.07) is 6.71. The van der Waals surface area contributed by atoms with E-state index in [9.17, 15) is 5.11 Å². The first-order valence-corrected chi connectivity index (χ1v) is 9.36. The second kappa shape index (κ2) is 8.03. The van der Waals surface area contributed by atoms with Crippen LogP contribution in [0.3, 0.4) is 0 Å². The molecule has 0 aliphatic heterocycles. The number of hydrogen-bond donors (Lipinski definition) is 1. The molecule has 2 aromatic rings. The van der Waals surface area contributed by atoms with Gasteiger partial charge in [-0.25, -0.2) is 0 Å². The predicted molar refractivity (Wildman–Crippen MR) is 106 cm³/mol. The molecule has 0 saturated heterocycles. The van der Waals surface area contributed by atoms with Gasteiger partial charge in [-0.3, -0.25) is 4.90 Å². The number of aryl methyl sites for hydroxylation is 2. The maximum Gasteiger partial charge on any atom is 0.0846 e. The summed E-state index contributed by atoms with van der Waals surface area (Å²) in [7, 11) is 0. The smallest absolute Gasteiger partial charge is 0.0846 e. The van der Waals surface area contributed by atoms with Gasteiger partial charge < -0.3 is 9.67 Å². The van der Waals surface area contributed by atoms with Crippen LogP contribution in [-0.4, -0.2) is 40.3 Å². The molecule has 3 heteroatoms. The Balaban J connectivity index is 1.87. The lowest BCUT2D eigenvalue weighted by Crippen LogP contribution is -2.35. The van der Waals surface area contributed by atoms with Gasteiger partial charge in [0.05, 0.1) is 12.6 Å². The van der Waals surface area contributed by atoms with Crippen LogP contribution in [0.1, 0.15) is 29.7 Å². The van der Waals surface area contributed by atoms with Crippen molar-refractivity contribution in [1.29, 1.82) is 0 Å².